The Bertz CT molecular complexity index is 1620. The number of carbonyl (C=O) groups excluding carboxylic acids is 2. The van der Waals surface area contributed by atoms with Crippen molar-refractivity contribution in [1.82, 2.24) is 15.1 Å². The SMILES string of the molecule is Cc1ccc2c(c1)[C@]1(CC1c1ccc3c(-c4ccc(N5CCN(C)CC5)cc4)n[nH]c3c1)C(=O)N2.O=CC(F)(F)F. The number of aldehydes is 1. The Balaban J connectivity index is 0.000000458. The van der Waals surface area contributed by atoms with E-state index in [9.17, 15) is 18.0 Å². The molecule has 3 aromatic carbocycles. The molecule has 41 heavy (non-hydrogen) atoms. The van der Waals surface area contributed by atoms with Gasteiger partial charge in [-0.2, -0.15) is 18.3 Å². The van der Waals surface area contributed by atoms with Crippen LogP contribution in [0.4, 0.5) is 24.5 Å². The monoisotopic (exact) mass is 561 g/mol. The summed E-state index contributed by atoms with van der Waals surface area (Å²) in [6, 6.07) is 21.6. The van der Waals surface area contributed by atoms with Crippen LogP contribution in [0, 0.1) is 6.92 Å². The first-order valence-electron chi connectivity index (χ1n) is 13.6. The van der Waals surface area contributed by atoms with Crippen molar-refractivity contribution < 1.29 is 22.8 Å². The fourth-order valence-electron chi connectivity index (χ4n) is 6.08. The highest BCUT2D eigenvalue weighted by Gasteiger charge is 2.65. The predicted octanol–water partition coefficient (Wildman–Crippen LogP) is 5.42. The first-order chi connectivity index (χ1) is 19.6. The summed E-state index contributed by atoms with van der Waals surface area (Å²) in [5.74, 6) is 0.332. The molecule has 10 heteroatoms. The summed E-state index contributed by atoms with van der Waals surface area (Å²) < 4.78 is 31.2. The van der Waals surface area contributed by atoms with E-state index in [2.05, 4.69) is 93.9 Å². The Hall–Kier alpha value is -4.18. The zero-order valence-corrected chi connectivity index (χ0v) is 22.8. The molecule has 1 unspecified atom stereocenters. The van der Waals surface area contributed by atoms with Gasteiger partial charge in [-0.1, -0.05) is 42.0 Å². The molecule has 1 spiro atoms. The number of rotatable bonds is 3. The van der Waals surface area contributed by atoms with Gasteiger partial charge in [-0.3, -0.25) is 14.7 Å². The molecule has 212 valence electrons. The second-order valence-corrected chi connectivity index (χ2v) is 11.1. The van der Waals surface area contributed by atoms with Crippen LogP contribution in [0.25, 0.3) is 22.2 Å². The van der Waals surface area contributed by atoms with E-state index in [1.54, 1.807) is 0 Å². The summed E-state index contributed by atoms with van der Waals surface area (Å²) in [6.07, 6.45) is -4.84. The second-order valence-electron chi connectivity index (χ2n) is 11.1. The van der Waals surface area contributed by atoms with Crippen molar-refractivity contribution >= 4 is 34.5 Å². The largest absolute Gasteiger partial charge is 0.446 e. The minimum absolute atomic E-state index is 0.133. The molecule has 7 nitrogen and oxygen atoms in total. The quantitative estimate of drug-likeness (QED) is 0.327. The lowest BCUT2D eigenvalue weighted by molar-refractivity contribution is -0.156. The summed E-state index contributed by atoms with van der Waals surface area (Å²) in [6.45, 7) is 6.42. The molecular formula is C31H30F3N5O2. The number of aromatic nitrogens is 2. The molecule has 3 aliphatic rings. The topological polar surface area (TPSA) is 81.3 Å². The molecule has 7 rings (SSSR count). The number of aromatic amines is 1. The van der Waals surface area contributed by atoms with Crippen LogP contribution in [-0.2, 0) is 15.0 Å². The van der Waals surface area contributed by atoms with Crippen molar-refractivity contribution in [2.24, 2.45) is 0 Å². The molecule has 0 bridgehead atoms. The third-order valence-corrected chi connectivity index (χ3v) is 8.40. The average Bonchev–Trinajstić information content (AvgIpc) is 3.49. The first-order valence-corrected chi connectivity index (χ1v) is 13.6. The van der Waals surface area contributed by atoms with E-state index in [1.807, 2.05) is 6.07 Å². The van der Waals surface area contributed by atoms with E-state index in [4.69, 9.17) is 4.79 Å². The fourth-order valence-corrected chi connectivity index (χ4v) is 6.08. The third-order valence-electron chi connectivity index (χ3n) is 8.40. The number of benzene rings is 3. The van der Waals surface area contributed by atoms with E-state index in [1.165, 1.54) is 16.8 Å². The number of anilines is 2. The van der Waals surface area contributed by atoms with Crippen LogP contribution < -0.4 is 10.2 Å². The van der Waals surface area contributed by atoms with Crippen molar-refractivity contribution in [3.8, 4) is 11.3 Å². The lowest BCUT2D eigenvalue weighted by Gasteiger charge is -2.34. The smallest absolute Gasteiger partial charge is 0.369 e. The summed E-state index contributed by atoms with van der Waals surface area (Å²) >= 11 is 0. The highest BCUT2D eigenvalue weighted by molar-refractivity contribution is 6.10. The van der Waals surface area contributed by atoms with Gasteiger partial charge in [0.2, 0.25) is 12.2 Å². The molecule has 3 heterocycles. The van der Waals surface area contributed by atoms with Gasteiger partial charge in [0.05, 0.1) is 16.6 Å². The number of fused-ring (bicyclic) bond motifs is 3. The second kappa shape index (κ2) is 10.0. The minimum atomic E-state index is -4.64. The summed E-state index contributed by atoms with van der Waals surface area (Å²) in [4.78, 5) is 26.5. The van der Waals surface area contributed by atoms with Crippen molar-refractivity contribution in [1.29, 1.82) is 0 Å². The molecule has 1 aliphatic carbocycles. The Kier molecular flexibility index (Phi) is 6.60. The minimum Gasteiger partial charge on any atom is -0.369 e. The molecule has 1 saturated heterocycles. The van der Waals surface area contributed by atoms with Gasteiger partial charge in [0.15, 0.2) is 0 Å². The van der Waals surface area contributed by atoms with Crippen LogP contribution in [0.2, 0.25) is 0 Å². The molecule has 2 aliphatic heterocycles. The van der Waals surface area contributed by atoms with Crippen LogP contribution in [0.3, 0.4) is 0 Å². The number of likely N-dealkylation sites (N-methyl/N-ethyl adjacent to an activating group) is 1. The van der Waals surface area contributed by atoms with E-state index >= 15 is 0 Å². The Morgan fingerprint density at radius 1 is 1.00 bits per heavy atom. The molecule has 2 N–H and O–H groups in total. The van der Waals surface area contributed by atoms with Gasteiger partial charge in [-0.05, 0) is 55.8 Å². The number of nitrogens with zero attached hydrogens (tertiary/aromatic N) is 3. The van der Waals surface area contributed by atoms with E-state index in [0.717, 1.165) is 66.0 Å². The van der Waals surface area contributed by atoms with Crippen molar-refractivity contribution in [3.05, 3.63) is 77.4 Å². The molecule has 2 fully saturated rings. The Morgan fingerprint density at radius 2 is 1.71 bits per heavy atom. The normalized spacial score (nSPS) is 21.8. The van der Waals surface area contributed by atoms with Gasteiger partial charge in [0.25, 0.3) is 0 Å². The van der Waals surface area contributed by atoms with Crippen molar-refractivity contribution in [2.45, 2.75) is 30.9 Å². The molecule has 1 amide bonds. The van der Waals surface area contributed by atoms with Gasteiger partial charge in [-0.15, -0.1) is 0 Å². The van der Waals surface area contributed by atoms with Gasteiger partial charge < -0.3 is 15.1 Å². The number of carbonyl (C=O) groups is 2. The van der Waals surface area contributed by atoms with Gasteiger partial charge >= 0.3 is 6.18 Å². The fraction of sp³-hybridized carbons (Fsp3) is 0.323. The molecule has 1 saturated carbocycles. The number of amides is 1. The highest BCUT2D eigenvalue weighted by atomic mass is 19.4. The third kappa shape index (κ3) is 4.97. The maximum Gasteiger partial charge on any atom is 0.446 e. The van der Waals surface area contributed by atoms with Crippen LogP contribution >= 0.6 is 0 Å². The molecule has 2 atom stereocenters. The number of H-pyrrole nitrogens is 1. The first kappa shape index (κ1) is 27.0. The number of hydrogen-bond donors (Lipinski definition) is 2. The highest BCUT2D eigenvalue weighted by Crippen LogP contribution is 2.65. The Labute approximate surface area is 235 Å². The number of aryl methyl sites for hydroxylation is 1. The zero-order valence-electron chi connectivity index (χ0n) is 22.8. The van der Waals surface area contributed by atoms with Crippen molar-refractivity contribution in [2.75, 3.05) is 43.4 Å². The lowest BCUT2D eigenvalue weighted by Crippen LogP contribution is -2.44. The summed E-state index contributed by atoms with van der Waals surface area (Å²) in [5.41, 5.74) is 8.47. The van der Waals surface area contributed by atoms with E-state index < -0.39 is 17.9 Å². The molecule has 1 aromatic heterocycles. The molecule has 4 aromatic rings. The lowest BCUT2D eigenvalue weighted by atomic mass is 9.91. The van der Waals surface area contributed by atoms with E-state index in [-0.39, 0.29) is 11.8 Å². The predicted molar refractivity (Wildman–Crippen MR) is 152 cm³/mol. The number of halogens is 3. The van der Waals surface area contributed by atoms with Gasteiger partial charge in [-0.25, -0.2) is 0 Å². The van der Waals surface area contributed by atoms with Crippen LogP contribution in [0.15, 0.2) is 60.7 Å². The summed E-state index contributed by atoms with van der Waals surface area (Å²) in [7, 11) is 2.18. The van der Waals surface area contributed by atoms with Crippen LogP contribution in [0.5, 0.6) is 0 Å². The number of piperazine rings is 1. The van der Waals surface area contributed by atoms with E-state index in [0.29, 0.717) is 0 Å². The number of hydrogen-bond acceptors (Lipinski definition) is 5. The standard InChI is InChI=1S/C29H29N5O.C2HF3O/c1-18-3-10-25-23(15-18)29(28(35)30-25)17-24(29)20-6-9-22-26(16-20)31-32-27(22)19-4-7-21(8-5-19)34-13-11-33(2)12-14-34;3-2(4,5)1-6/h3-10,15-16,24H,11-14,17H2,1-2H3,(H,30,35)(H,31,32);1H/t24?,29-;/m0./s1. The maximum absolute atomic E-state index is 13.0. The molecular weight excluding hydrogens is 531 g/mol. The maximum atomic E-state index is 13.0. The average molecular weight is 562 g/mol. The van der Waals surface area contributed by atoms with Crippen LogP contribution in [0.1, 0.15) is 29.0 Å². The number of nitrogens with one attached hydrogen (secondary N) is 2. The van der Waals surface area contributed by atoms with Gasteiger partial charge in [0.1, 0.15) is 0 Å². The molecule has 0 radical (unpaired) electrons. The summed E-state index contributed by atoms with van der Waals surface area (Å²) in [5, 5.41) is 12.1. The number of alkyl halides is 3. The zero-order chi connectivity index (χ0) is 28.9. The van der Waals surface area contributed by atoms with Crippen LogP contribution in [-0.4, -0.2) is 66.7 Å². The van der Waals surface area contributed by atoms with Gasteiger partial charge in [0, 0.05) is 54.4 Å². The Morgan fingerprint density at radius 3 is 2.39 bits per heavy atom. The van der Waals surface area contributed by atoms with Crippen molar-refractivity contribution in [3.63, 3.8) is 0 Å².